The fourth-order valence-corrected chi connectivity index (χ4v) is 4.42. The molecule has 1 N–H and O–H groups in total. The molecule has 1 saturated carbocycles. The maximum Gasteiger partial charge on any atom is 0.122 e. The second kappa shape index (κ2) is 7.11. The van der Waals surface area contributed by atoms with Gasteiger partial charge in [-0.05, 0) is 42.5 Å². The molecule has 2 heterocycles. The van der Waals surface area contributed by atoms with Crippen LogP contribution in [-0.2, 0) is 5.60 Å². The van der Waals surface area contributed by atoms with Crippen LogP contribution in [0.4, 0.5) is 0 Å². The van der Waals surface area contributed by atoms with E-state index in [0.717, 1.165) is 44.5 Å². The molecule has 1 aliphatic heterocycles. The van der Waals surface area contributed by atoms with Crippen LogP contribution in [0.5, 0.6) is 0 Å². The predicted molar refractivity (Wildman–Crippen MR) is 101 cm³/mol. The van der Waals surface area contributed by atoms with Gasteiger partial charge in [0.2, 0.25) is 0 Å². The van der Waals surface area contributed by atoms with Crippen LogP contribution in [0.3, 0.4) is 0 Å². The largest absolute Gasteiger partial charge is 0.382 e. The van der Waals surface area contributed by atoms with Gasteiger partial charge in [0.25, 0.3) is 0 Å². The van der Waals surface area contributed by atoms with Crippen molar-refractivity contribution in [2.24, 2.45) is 0 Å². The second-order valence-corrected chi connectivity index (χ2v) is 7.24. The lowest BCUT2D eigenvalue weighted by Crippen LogP contribution is -2.54. The van der Waals surface area contributed by atoms with Crippen molar-refractivity contribution in [3.63, 3.8) is 0 Å². The summed E-state index contributed by atoms with van der Waals surface area (Å²) in [6.07, 6.45) is 9.28. The number of aliphatic hydroxyl groups is 1. The zero-order chi connectivity index (χ0) is 17.1. The normalized spacial score (nSPS) is 27.7. The fraction of sp³-hybridized carbons (Fsp3) is 0.409. The molecule has 2 atom stereocenters. The van der Waals surface area contributed by atoms with Crippen molar-refractivity contribution in [3.8, 4) is 0 Å². The highest BCUT2D eigenvalue weighted by atomic mass is 16.3. The van der Waals surface area contributed by atoms with E-state index in [1.54, 1.807) is 6.20 Å². The van der Waals surface area contributed by atoms with Gasteiger partial charge in [-0.3, -0.25) is 9.88 Å². The van der Waals surface area contributed by atoms with Crippen LogP contribution in [0.2, 0.25) is 0 Å². The Bertz CT molecular complexity index is 728. The quantitative estimate of drug-likeness (QED) is 0.921. The summed E-state index contributed by atoms with van der Waals surface area (Å²) in [6, 6.07) is 16.7. The van der Waals surface area contributed by atoms with Crippen LogP contribution in [0.15, 0.2) is 60.8 Å². The van der Waals surface area contributed by atoms with Gasteiger partial charge in [-0.15, -0.1) is 0 Å². The summed E-state index contributed by atoms with van der Waals surface area (Å²) in [5, 5.41) is 11.5. The predicted octanol–water partition coefficient (Wildman–Crippen LogP) is 4.00. The lowest BCUT2D eigenvalue weighted by atomic mass is 9.76. The van der Waals surface area contributed by atoms with E-state index < -0.39 is 5.60 Å². The molecule has 3 nitrogen and oxygen atoms in total. The van der Waals surface area contributed by atoms with E-state index in [1.807, 2.05) is 18.2 Å². The van der Waals surface area contributed by atoms with E-state index in [0.29, 0.717) is 0 Å². The Morgan fingerprint density at radius 2 is 1.88 bits per heavy atom. The first-order chi connectivity index (χ1) is 12.3. The summed E-state index contributed by atoms with van der Waals surface area (Å²) in [5.74, 6) is 0. The first kappa shape index (κ1) is 16.5. The standard InChI is InChI=1S/C22H26N2O/c25-22(20-10-5-7-15-23-20)14-6-4-11-21(22)24-16-12-19(13-17-24)18-8-2-1-3-9-18/h1-3,5,7-10,12,15,21,25H,4,6,11,13-14,16-17H2. The number of nitrogens with zero attached hydrogens (tertiary/aromatic N) is 2. The fourth-order valence-electron chi connectivity index (χ4n) is 4.42. The number of benzene rings is 1. The van der Waals surface area contributed by atoms with Crippen LogP contribution >= 0.6 is 0 Å². The first-order valence-electron chi connectivity index (χ1n) is 9.40. The molecule has 1 aromatic carbocycles. The Morgan fingerprint density at radius 1 is 1.04 bits per heavy atom. The van der Waals surface area contributed by atoms with Gasteiger partial charge in [0.05, 0.1) is 5.69 Å². The van der Waals surface area contributed by atoms with Crippen molar-refractivity contribution in [3.05, 3.63) is 72.1 Å². The van der Waals surface area contributed by atoms with E-state index in [2.05, 4.69) is 46.3 Å². The van der Waals surface area contributed by atoms with Crippen molar-refractivity contribution in [1.82, 2.24) is 9.88 Å². The maximum atomic E-state index is 11.5. The third-order valence-corrected chi connectivity index (χ3v) is 5.77. The Labute approximate surface area is 150 Å². The Balaban J connectivity index is 1.56. The summed E-state index contributed by atoms with van der Waals surface area (Å²) in [4.78, 5) is 6.95. The molecule has 2 aliphatic rings. The molecule has 0 saturated heterocycles. The van der Waals surface area contributed by atoms with Gasteiger partial charge in [0, 0.05) is 25.3 Å². The van der Waals surface area contributed by atoms with E-state index in [1.165, 1.54) is 17.6 Å². The third-order valence-electron chi connectivity index (χ3n) is 5.77. The summed E-state index contributed by atoms with van der Waals surface area (Å²) < 4.78 is 0. The van der Waals surface area contributed by atoms with Gasteiger partial charge in [-0.1, -0.05) is 55.3 Å². The highest BCUT2D eigenvalue weighted by Crippen LogP contribution is 2.40. The zero-order valence-corrected chi connectivity index (χ0v) is 14.6. The van der Waals surface area contributed by atoms with Gasteiger partial charge < -0.3 is 5.11 Å². The first-order valence-corrected chi connectivity index (χ1v) is 9.40. The van der Waals surface area contributed by atoms with Crippen molar-refractivity contribution < 1.29 is 5.11 Å². The van der Waals surface area contributed by atoms with Crippen molar-refractivity contribution in [1.29, 1.82) is 0 Å². The van der Waals surface area contributed by atoms with Crippen molar-refractivity contribution in [2.45, 2.75) is 43.7 Å². The lowest BCUT2D eigenvalue weighted by molar-refractivity contribution is -0.0801. The number of hydrogen-bond donors (Lipinski definition) is 1. The summed E-state index contributed by atoms with van der Waals surface area (Å²) in [7, 11) is 0. The van der Waals surface area contributed by atoms with E-state index in [-0.39, 0.29) is 6.04 Å². The second-order valence-electron chi connectivity index (χ2n) is 7.24. The molecule has 4 rings (SSSR count). The van der Waals surface area contributed by atoms with Crippen LogP contribution in [0.1, 0.15) is 43.4 Å². The average Bonchev–Trinajstić information content (AvgIpc) is 2.70. The van der Waals surface area contributed by atoms with Gasteiger partial charge in [0.15, 0.2) is 0 Å². The molecular formula is C22H26N2O. The number of pyridine rings is 1. The summed E-state index contributed by atoms with van der Waals surface area (Å²) in [5.41, 5.74) is 2.76. The van der Waals surface area contributed by atoms with Gasteiger partial charge in [0.1, 0.15) is 5.60 Å². The minimum atomic E-state index is -0.822. The molecule has 1 fully saturated rings. The monoisotopic (exact) mass is 334 g/mol. The molecular weight excluding hydrogens is 308 g/mol. The zero-order valence-electron chi connectivity index (χ0n) is 14.6. The SMILES string of the molecule is OC1(c2ccccn2)CCCCC1N1CC=C(c2ccccc2)CC1. The lowest BCUT2D eigenvalue weighted by Gasteiger charge is -2.46. The highest BCUT2D eigenvalue weighted by molar-refractivity contribution is 5.66. The number of aromatic nitrogens is 1. The van der Waals surface area contributed by atoms with Crippen LogP contribution in [-0.4, -0.2) is 34.1 Å². The molecule has 2 unspecified atom stereocenters. The molecule has 0 bridgehead atoms. The van der Waals surface area contributed by atoms with E-state index in [9.17, 15) is 5.11 Å². The maximum absolute atomic E-state index is 11.5. The molecule has 1 aromatic heterocycles. The van der Waals surface area contributed by atoms with Crippen LogP contribution in [0, 0.1) is 0 Å². The van der Waals surface area contributed by atoms with Crippen LogP contribution in [0.25, 0.3) is 5.57 Å². The number of hydrogen-bond acceptors (Lipinski definition) is 3. The molecule has 2 aromatic rings. The average molecular weight is 334 g/mol. The Hall–Kier alpha value is -1.97. The molecule has 130 valence electrons. The molecule has 1 aliphatic carbocycles. The minimum absolute atomic E-state index is 0.157. The number of rotatable bonds is 3. The molecule has 25 heavy (non-hydrogen) atoms. The summed E-state index contributed by atoms with van der Waals surface area (Å²) in [6.45, 7) is 1.91. The Kier molecular flexibility index (Phi) is 4.69. The third kappa shape index (κ3) is 3.26. The van der Waals surface area contributed by atoms with E-state index in [4.69, 9.17) is 0 Å². The van der Waals surface area contributed by atoms with Gasteiger partial charge >= 0.3 is 0 Å². The molecule has 3 heteroatoms. The molecule has 0 radical (unpaired) electrons. The highest BCUT2D eigenvalue weighted by Gasteiger charge is 2.44. The van der Waals surface area contributed by atoms with Crippen LogP contribution < -0.4 is 0 Å². The Morgan fingerprint density at radius 3 is 2.60 bits per heavy atom. The molecule has 0 amide bonds. The van der Waals surface area contributed by atoms with Gasteiger partial charge in [-0.25, -0.2) is 0 Å². The van der Waals surface area contributed by atoms with Crippen molar-refractivity contribution >= 4 is 5.57 Å². The topological polar surface area (TPSA) is 36.4 Å². The molecule has 0 spiro atoms. The van der Waals surface area contributed by atoms with Gasteiger partial charge in [-0.2, -0.15) is 0 Å². The van der Waals surface area contributed by atoms with Crippen molar-refractivity contribution in [2.75, 3.05) is 13.1 Å². The minimum Gasteiger partial charge on any atom is -0.382 e. The summed E-state index contributed by atoms with van der Waals surface area (Å²) >= 11 is 0. The van der Waals surface area contributed by atoms with E-state index >= 15 is 0 Å². The smallest absolute Gasteiger partial charge is 0.122 e.